The number of carbonyl (C=O) groups excluding carboxylic acids is 2. The van der Waals surface area contributed by atoms with E-state index in [0.717, 1.165) is 5.01 Å². The summed E-state index contributed by atoms with van der Waals surface area (Å²) < 4.78 is 17.7. The molecular weight excluding hydrogens is 476 g/mol. The van der Waals surface area contributed by atoms with Crippen LogP contribution >= 0.6 is 0 Å². The summed E-state index contributed by atoms with van der Waals surface area (Å²) >= 11 is 0. The number of ether oxygens (including phenoxy) is 3. The molecule has 10 nitrogen and oxygen atoms in total. The van der Waals surface area contributed by atoms with Crippen LogP contribution in [0.15, 0.2) is 88.3 Å². The van der Waals surface area contributed by atoms with Crippen molar-refractivity contribution < 1.29 is 23.8 Å². The fourth-order valence-corrected chi connectivity index (χ4v) is 3.96. The number of hydrogen-bond donors (Lipinski definition) is 1. The van der Waals surface area contributed by atoms with Crippen LogP contribution in [0, 0.1) is 0 Å². The lowest BCUT2D eigenvalue weighted by Gasteiger charge is -2.33. The predicted octanol–water partition coefficient (Wildman–Crippen LogP) is 3.46. The number of H-pyrrole nitrogens is 1. The summed E-state index contributed by atoms with van der Waals surface area (Å²) in [4.78, 5) is 39.0. The SMILES string of the molecule is CCOC(=O)C1=NN(c2ccccc2)C(=O)C1=CC=Cc1c(C2OC(C)O2)[nH]n(-c2ccccc2)c1=O. The summed E-state index contributed by atoms with van der Waals surface area (Å²) in [7, 11) is 0. The maximum atomic E-state index is 13.3. The molecule has 3 heterocycles. The summed E-state index contributed by atoms with van der Waals surface area (Å²) in [6.45, 7) is 3.55. The maximum Gasteiger partial charge on any atom is 0.359 e. The zero-order valence-electron chi connectivity index (χ0n) is 20.2. The quantitative estimate of drug-likeness (QED) is 0.392. The standard InChI is InChI=1S/C27H24N4O6/c1-3-35-26(34)22-20(24(32)30(28-22)18-11-6-4-7-12-18)15-10-16-21-23(27-36-17(2)37-27)29-31(25(21)33)19-13-8-5-9-14-19/h4-17,27,29H,3H2,1-2H3. The molecule has 0 spiro atoms. The lowest BCUT2D eigenvalue weighted by atomic mass is 10.1. The van der Waals surface area contributed by atoms with Gasteiger partial charge in [-0.1, -0.05) is 42.5 Å². The van der Waals surface area contributed by atoms with Crippen molar-refractivity contribution in [3.8, 4) is 5.69 Å². The van der Waals surface area contributed by atoms with Crippen molar-refractivity contribution in [3.05, 3.63) is 100.0 Å². The topological polar surface area (TPSA) is 115 Å². The Morgan fingerprint density at radius 1 is 1.05 bits per heavy atom. The van der Waals surface area contributed by atoms with Crippen LogP contribution in [0.1, 0.15) is 31.4 Å². The number of aromatic amines is 1. The summed E-state index contributed by atoms with van der Waals surface area (Å²) in [6.07, 6.45) is 3.36. The van der Waals surface area contributed by atoms with E-state index in [4.69, 9.17) is 14.2 Å². The Labute approximate surface area is 212 Å². The van der Waals surface area contributed by atoms with Gasteiger partial charge < -0.3 is 14.2 Å². The number of para-hydroxylation sites is 2. The number of nitrogens with one attached hydrogen (secondary N) is 1. The zero-order valence-corrected chi connectivity index (χ0v) is 20.2. The van der Waals surface area contributed by atoms with Crippen molar-refractivity contribution in [2.24, 2.45) is 5.10 Å². The van der Waals surface area contributed by atoms with E-state index in [9.17, 15) is 14.4 Å². The van der Waals surface area contributed by atoms with Gasteiger partial charge in [-0.15, -0.1) is 0 Å². The Morgan fingerprint density at radius 2 is 1.70 bits per heavy atom. The molecule has 1 fully saturated rings. The summed E-state index contributed by atoms with van der Waals surface area (Å²) in [6, 6.07) is 17.8. The first kappa shape index (κ1) is 24.2. The molecule has 1 saturated heterocycles. The number of carbonyl (C=O) groups is 2. The molecular formula is C27H24N4O6. The highest BCUT2D eigenvalue weighted by Crippen LogP contribution is 2.32. The third-order valence-electron chi connectivity index (χ3n) is 5.71. The van der Waals surface area contributed by atoms with Gasteiger partial charge in [0, 0.05) is 0 Å². The van der Waals surface area contributed by atoms with Crippen LogP contribution in [0.5, 0.6) is 0 Å². The van der Waals surface area contributed by atoms with Crippen molar-refractivity contribution >= 4 is 29.4 Å². The van der Waals surface area contributed by atoms with Gasteiger partial charge in [-0.25, -0.2) is 9.48 Å². The number of hydrogen-bond acceptors (Lipinski definition) is 7. The van der Waals surface area contributed by atoms with Crippen molar-refractivity contribution in [2.45, 2.75) is 26.4 Å². The Balaban J connectivity index is 1.51. The van der Waals surface area contributed by atoms with E-state index < -0.39 is 24.5 Å². The number of aromatic nitrogens is 2. The molecule has 3 aromatic rings. The van der Waals surface area contributed by atoms with Crippen molar-refractivity contribution in [1.82, 2.24) is 9.78 Å². The van der Waals surface area contributed by atoms with Crippen molar-refractivity contribution in [2.75, 3.05) is 11.6 Å². The largest absolute Gasteiger partial charge is 0.461 e. The first-order chi connectivity index (χ1) is 18.0. The third kappa shape index (κ3) is 4.67. The van der Waals surface area contributed by atoms with Gasteiger partial charge in [0.05, 0.1) is 29.1 Å². The zero-order chi connectivity index (χ0) is 25.9. The highest BCUT2D eigenvalue weighted by molar-refractivity contribution is 6.53. The average molecular weight is 501 g/mol. The van der Waals surface area contributed by atoms with Gasteiger partial charge in [-0.2, -0.15) is 10.1 Å². The minimum Gasteiger partial charge on any atom is -0.461 e. The number of allylic oxidation sites excluding steroid dienone is 2. The molecule has 0 aliphatic carbocycles. The van der Waals surface area contributed by atoms with Crippen LogP contribution in [-0.4, -0.2) is 40.3 Å². The van der Waals surface area contributed by atoms with Gasteiger partial charge in [-0.3, -0.25) is 14.7 Å². The number of amides is 1. The van der Waals surface area contributed by atoms with E-state index in [0.29, 0.717) is 17.1 Å². The predicted molar refractivity (Wildman–Crippen MR) is 136 cm³/mol. The van der Waals surface area contributed by atoms with Crippen LogP contribution in [-0.2, 0) is 23.8 Å². The average Bonchev–Trinajstić information content (AvgIpc) is 3.40. The number of benzene rings is 2. The first-order valence-electron chi connectivity index (χ1n) is 11.7. The van der Waals surface area contributed by atoms with E-state index in [1.807, 2.05) is 24.3 Å². The maximum absolute atomic E-state index is 13.3. The Morgan fingerprint density at radius 3 is 2.32 bits per heavy atom. The van der Waals surface area contributed by atoms with Gasteiger partial charge in [0.2, 0.25) is 6.29 Å². The number of rotatable bonds is 7. The van der Waals surface area contributed by atoms with E-state index in [1.165, 1.54) is 22.9 Å². The second-order valence-electron chi connectivity index (χ2n) is 8.15. The summed E-state index contributed by atoms with van der Waals surface area (Å²) in [5.74, 6) is -1.21. The van der Waals surface area contributed by atoms with Crippen molar-refractivity contribution in [1.29, 1.82) is 0 Å². The van der Waals surface area contributed by atoms with Crippen LogP contribution in [0.25, 0.3) is 11.8 Å². The molecule has 2 aromatic carbocycles. The molecule has 0 bridgehead atoms. The number of anilines is 1. The van der Waals surface area contributed by atoms with Gasteiger partial charge >= 0.3 is 5.97 Å². The van der Waals surface area contributed by atoms with Gasteiger partial charge in [0.15, 0.2) is 12.0 Å². The highest BCUT2D eigenvalue weighted by Gasteiger charge is 2.36. The number of nitrogens with zero attached hydrogens (tertiary/aromatic N) is 3. The van der Waals surface area contributed by atoms with E-state index in [2.05, 4.69) is 10.2 Å². The van der Waals surface area contributed by atoms with Crippen LogP contribution in [0.4, 0.5) is 5.69 Å². The first-order valence-corrected chi connectivity index (χ1v) is 11.7. The Kier molecular flexibility index (Phi) is 6.67. The Hall–Kier alpha value is -4.54. The molecule has 1 N–H and O–H groups in total. The monoisotopic (exact) mass is 500 g/mol. The highest BCUT2D eigenvalue weighted by atomic mass is 16.9. The number of esters is 1. The van der Waals surface area contributed by atoms with E-state index >= 15 is 0 Å². The molecule has 1 aromatic heterocycles. The molecule has 10 heteroatoms. The van der Waals surface area contributed by atoms with Gasteiger partial charge in [0.25, 0.3) is 11.5 Å². The molecule has 0 saturated carbocycles. The molecule has 2 aliphatic heterocycles. The second kappa shape index (κ2) is 10.2. The molecule has 0 atom stereocenters. The minimum atomic E-state index is -0.738. The molecule has 1 amide bonds. The fraction of sp³-hybridized carbons (Fsp3) is 0.185. The normalized spacial score (nSPS) is 20.4. The number of hydrazone groups is 1. The second-order valence-corrected chi connectivity index (χ2v) is 8.15. The lowest BCUT2D eigenvalue weighted by molar-refractivity contribution is -0.384. The molecule has 0 radical (unpaired) electrons. The summed E-state index contributed by atoms with van der Waals surface area (Å²) in [5, 5.41) is 8.42. The van der Waals surface area contributed by atoms with Crippen LogP contribution < -0.4 is 10.6 Å². The minimum absolute atomic E-state index is 0.0452. The fourth-order valence-electron chi connectivity index (χ4n) is 3.96. The van der Waals surface area contributed by atoms with Crippen molar-refractivity contribution in [3.63, 3.8) is 0 Å². The molecule has 5 rings (SSSR count). The smallest absolute Gasteiger partial charge is 0.359 e. The molecule has 188 valence electrons. The van der Waals surface area contributed by atoms with E-state index in [1.54, 1.807) is 50.2 Å². The molecule has 37 heavy (non-hydrogen) atoms. The van der Waals surface area contributed by atoms with E-state index in [-0.39, 0.29) is 29.0 Å². The summed E-state index contributed by atoms with van der Waals surface area (Å²) in [5.41, 5.74) is 1.47. The Bertz CT molecular complexity index is 1460. The van der Waals surface area contributed by atoms with Crippen LogP contribution in [0.3, 0.4) is 0 Å². The van der Waals surface area contributed by atoms with Crippen LogP contribution in [0.2, 0.25) is 0 Å². The van der Waals surface area contributed by atoms with Gasteiger partial charge in [-0.05, 0) is 50.3 Å². The lowest BCUT2D eigenvalue weighted by Crippen LogP contribution is -2.32. The third-order valence-corrected chi connectivity index (χ3v) is 5.71. The van der Waals surface area contributed by atoms with Gasteiger partial charge in [0.1, 0.15) is 5.69 Å². The molecule has 0 unspecified atom stereocenters. The molecule has 2 aliphatic rings.